The van der Waals surface area contributed by atoms with Gasteiger partial charge in [0.2, 0.25) is 0 Å². The molecule has 1 aromatic carbocycles. The van der Waals surface area contributed by atoms with Gasteiger partial charge in [-0.1, -0.05) is 24.1 Å². The molecular weight excluding hydrogens is 353 g/mol. The lowest BCUT2D eigenvalue weighted by atomic mass is 9.99. The van der Waals surface area contributed by atoms with Crippen LogP contribution in [0.1, 0.15) is 37.1 Å². The van der Waals surface area contributed by atoms with E-state index in [-0.39, 0.29) is 5.54 Å². The van der Waals surface area contributed by atoms with Gasteiger partial charge < -0.3 is 10.3 Å². The lowest BCUT2D eigenvalue weighted by Gasteiger charge is -2.17. The van der Waals surface area contributed by atoms with Crippen LogP contribution in [0.2, 0.25) is 0 Å². The number of hydrogen-bond donors (Lipinski definition) is 1. The van der Waals surface area contributed by atoms with E-state index in [1.807, 2.05) is 6.07 Å². The monoisotopic (exact) mass is 369 g/mol. The van der Waals surface area contributed by atoms with Crippen molar-refractivity contribution in [2.75, 3.05) is 0 Å². The van der Waals surface area contributed by atoms with Crippen molar-refractivity contribution in [3.8, 4) is 11.5 Å². The molecule has 0 atom stereocenters. The average Bonchev–Trinajstić information content (AvgIpc) is 3.02. The highest BCUT2D eigenvalue weighted by Crippen LogP contribution is 2.35. The van der Waals surface area contributed by atoms with Crippen LogP contribution in [0.25, 0.3) is 11.5 Å². The molecule has 5 heteroatoms. The van der Waals surface area contributed by atoms with Gasteiger partial charge in [0.15, 0.2) is 5.82 Å². The molecule has 1 aliphatic rings. The predicted molar refractivity (Wildman–Crippen MR) is 81.5 cm³/mol. The summed E-state index contributed by atoms with van der Waals surface area (Å²) in [4.78, 5) is 4.50. The van der Waals surface area contributed by atoms with Gasteiger partial charge in [-0.25, -0.2) is 0 Å². The third-order valence-electron chi connectivity index (χ3n) is 3.79. The van der Waals surface area contributed by atoms with Crippen molar-refractivity contribution in [1.82, 2.24) is 10.1 Å². The van der Waals surface area contributed by atoms with Crippen LogP contribution in [0.3, 0.4) is 0 Å². The van der Waals surface area contributed by atoms with Gasteiger partial charge in [0, 0.05) is 9.13 Å². The highest BCUT2D eigenvalue weighted by atomic mass is 127. The summed E-state index contributed by atoms with van der Waals surface area (Å²) in [6.07, 6.45) is 4.17. The average molecular weight is 369 g/mol. The van der Waals surface area contributed by atoms with Crippen LogP contribution in [0.15, 0.2) is 22.7 Å². The quantitative estimate of drug-likeness (QED) is 0.825. The van der Waals surface area contributed by atoms with E-state index >= 15 is 0 Å². The number of nitrogens with zero attached hydrogens (tertiary/aromatic N) is 2. The molecule has 2 N–H and O–H groups in total. The first-order valence-corrected chi connectivity index (χ1v) is 7.56. The van der Waals surface area contributed by atoms with Crippen molar-refractivity contribution in [3.63, 3.8) is 0 Å². The van der Waals surface area contributed by atoms with Gasteiger partial charge >= 0.3 is 0 Å². The zero-order valence-corrected chi connectivity index (χ0v) is 13.0. The lowest BCUT2D eigenvalue weighted by Crippen LogP contribution is -2.34. The summed E-state index contributed by atoms with van der Waals surface area (Å²) < 4.78 is 6.57. The zero-order chi connectivity index (χ0) is 13.5. The van der Waals surface area contributed by atoms with Crippen LogP contribution in [0.4, 0.5) is 0 Å². The Balaban J connectivity index is 1.94. The fourth-order valence-electron chi connectivity index (χ4n) is 2.50. The molecule has 0 amide bonds. The molecule has 0 aliphatic heterocycles. The van der Waals surface area contributed by atoms with Gasteiger partial charge in [-0.15, -0.1) is 0 Å². The summed E-state index contributed by atoms with van der Waals surface area (Å²) in [6.45, 7) is 2.08. The molecule has 0 unspecified atom stereocenters. The van der Waals surface area contributed by atoms with Crippen LogP contribution in [-0.2, 0) is 5.54 Å². The third-order valence-corrected chi connectivity index (χ3v) is 4.95. The summed E-state index contributed by atoms with van der Waals surface area (Å²) in [5.74, 6) is 1.21. The Bertz CT molecular complexity index is 602. The molecule has 0 bridgehead atoms. The largest absolute Gasteiger partial charge is 0.334 e. The minimum atomic E-state index is -0.389. The molecule has 3 rings (SSSR count). The smallest absolute Gasteiger partial charge is 0.258 e. The summed E-state index contributed by atoms with van der Waals surface area (Å²) in [5.41, 5.74) is 8.15. The summed E-state index contributed by atoms with van der Waals surface area (Å²) in [6, 6.07) is 6.13. The van der Waals surface area contributed by atoms with Gasteiger partial charge in [-0.3, -0.25) is 0 Å². The van der Waals surface area contributed by atoms with E-state index in [1.165, 1.54) is 9.13 Å². The maximum absolute atomic E-state index is 6.34. The van der Waals surface area contributed by atoms with Crippen LogP contribution in [0, 0.1) is 10.5 Å². The zero-order valence-electron chi connectivity index (χ0n) is 10.8. The highest BCUT2D eigenvalue weighted by molar-refractivity contribution is 14.1. The minimum Gasteiger partial charge on any atom is -0.334 e. The summed E-state index contributed by atoms with van der Waals surface area (Å²) >= 11 is 2.31. The lowest BCUT2D eigenvalue weighted by molar-refractivity contribution is 0.372. The van der Waals surface area contributed by atoms with Crippen molar-refractivity contribution in [1.29, 1.82) is 0 Å². The maximum atomic E-state index is 6.34. The van der Waals surface area contributed by atoms with Crippen LogP contribution >= 0.6 is 22.6 Å². The minimum absolute atomic E-state index is 0.389. The molecule has 0 saturated heterocycles. The summed E-state index contributed by atoms with van der Waals surface area (Å²) in [5, 5.41) is 4.08. The van der Waals surface area contributed by atoms with Crippen LogP contribution in [-0.4, -0.2) is 10.1 Å². The third kappa shape index (κ3) is 2.41. The first kappa shape index (κ1) is 13.1. The standard InChI is InChI=1S/C14H16IN3O/c1-9-4-5-10(8-11(9)15)12-17-13(18-19-12)14(16)6-2-3-7-14/h4-5,8H,2-3,6-7,16H2,1H3. The number of aryl methyl sites for hydroxylation is 1. The Morgan fingerprint density at radius 2 is 2.05 bits per heavy atom. The second-order valence-corrected chi connectivity index (χ2v) is 6.41. The first-order chi connectivity index (χ1) is 9.08. The first-order valence-electron chi connectivity index (χ1n) is 6.48. The van der Waals surface area contributed by atoms with Gasteiger partial charge in [-0.05, 0) is 60.1 Å². The van der Waals surface area contributed by atoms with Crippen molar-refractivity contribution in [2.45, 2.75) is 38.1 Å². The van der Waals surface area contributed by atoms with E-state index in [0.29, 0.717) is 11.7 Å². The van der Waals surface area contributed by atoms with E-state index < -0.39 is 0 Å². The van der Waals surface area contributed by atoms with Gasteiger partial charge in [-0.2, -0.15) is 4.98 Å². The maximum Gasteiger partial charge on any atom is 0.258 e. The van der Waals surface area contributed by atoms with E-state index in [2.05, 4.69) is 51.8 Å². The van der Waals surface area contributed by atoms with Crippen LogP contribution in [0.5, 0.6) is 0 Å². The molecule has 1 aromatic heterocycles. The van der Waals surface area contributed by atoms with Crippen molar-refractivity contribution in [3.05, 3.63) is 33.2 Å². The van der Waals surface area contributed by atoms with Gasteiger partial charge in [0.25, 0.3) is 5.89 Å². The van der Waals surface area contributed by atoms with Crippen LogP contribution < -0.4 is 5.73 Å². The molecule has 19 heavy (non-hydrogen) atoms. The van der Waals surface area contributed by atoms with Crippen molar-refractivity contribution < 1.29 is 4.52 Å². The van der Waals surface area contributed by atoms with Gasteiger partial charge in [0.05, 0.1) is 5.54 Å². The topological polar surface area (TPSA) is 64.9 Å². The molecule has 1 heterocycles. The predicted octanol–water partition coefficient (Wildman–Crippen LogP) is 3.38. The number of aromatic nitrogens is 2. The Labute approximate surface area is 125 Å². The number of nitrogens with two attached hydrogens (primary N) is 1. The van der Waals surface area contributed by atoms with Gasteiger partial charge in [0.1, 0.15) is 0 Å². The summed E-state index contributed by atoms with van der Waals surface area (Å²) in [7, 11) is 0. The number of benzene rings is 1. The second kappa shape index (κ2) is 4.86. The number of halogens is 1. The fraction of sp³-hybridized carbons (Fsp3) is 0.429. The van der Waals surface area contributed by atoms with E-state index in [4.69, 9.17) is 10.3 Å². The molecule has 1 saturated carbocycles. The second-order valence-electron chi connectivity index (χ2n) is 5.25. The number of hydrogen-bond acceptors (Lipinski definition) is 4. The Kier molecular flexibility index (Phi) is 3.34. The van der Waals surface area contributed by atoms with E-state index in [0.717, 1.165) is 31.2 Å². The molecule has 100 valence electrons. The van der Waals surface area contributed by atoms with E-state index in [1.54, 1.807) is 0 Å². The Morgan fingerprint density at radius 3 is 2.74 bits per heavy atom. The SMILES string of the molecule is Cc1ccc(-c2nc(C3(N)CCCC3)no2)cc1I. The molecule has 1 fully saturated rings. The Hall–Kier alpha value is -0.950. The van der Waals surface area contributed by atoms with Crippen molar-refractivity contribution in [2.24, 2.45) is 5.73 Å². The molecule has 4 nitrogen and oxygen atoms in total. The number of rotatable bonds is 2. The molecule has 0 spiro atoms. The molecule has 0 radical (unpaired) electrons. The normalized spacial score (nSPS) is 17.8. The van der Waals surface area contributed by atoms with Crippen molar-refractivity contribution >= 4 is 22.6 Å². The fourth-order valence-corrected chi connectivity index (χ4v) is 3.01. The molecule has 1 aliphatic carbocycles. The Morgan fingerprint density at radius 1 is 1.32 bits per heavy atom. The highest BCUT2D eigenvalue weighted by Gasteiger charge is 2.36. The molecule has 2 aromatic rings. The molecular formula is C14H16IN3O. The van der Waals surface area contributed by atoms with E-state index in [9.17, 15) is 0 Å².